The Kier molecular flexibility index (Phi) is 6.36. The molecule has 170 valence electrons. The normalized spacial score (nSPS) is 11.4. The number of benzene rings is 2. The van der Waals surface area contributed by atoms with Gasteiger partial charge in [-0.1, -0.05) is 25.1 Å². The Hall–Kier alpha value is -3.80. The van der Waals surface area contributed by atoms with Gasteiger partial charge in [0.05, 0.1) is 18.5 Å². The van der Waals surface area contributed by atoms with E-state index in [1.807, 2.05) is 19.1 Å². The van der Waals surface area contributed by atoms with E-state index in [1.54, 1.807) is 18.3 Å². The Morgan fingerprint density at radius 2 is 1.94 bits per heavy atom. The lowest BCUT2D eigenvalue weighted by Gasteiger charge is -2.17. The van der Waals surface area contributed by atoms with Crippen LogP contribution in [0.25, 0.3) is 16.7 Å². The van der Waals surface area contributed by atoms with Crippen LogP contribution in [-0.2, 0) is 6.42 Å². The van der Waals surface area contributed by atoms with E-state index in [-0.39, 0.29) is 5.76 Å². The number of nitrogens with one attached hydrogen (secondary N) is 1. The van der Waals surface area contributed by atoms with E-state index in [1.165, 1.54) is 16.8 Å². The van der Waals surface area contributed by atoms with E-state index in [9.17, 15) is 4.79 Å². The monoisotopic (exact) mass is 443 g/mol. The van der Waals surface area contributed by atoms with Gasteiger partial charge in [0.15, 0.2) is 5.76 Å². The second-order valence-electron chi connectivity index (χ2n) is 8.04. The van der Waals surface area contributed by atoms with Crippen molar-refractivity contribution in [2.75, 3.05) is 6.61 Å². The third-order valence-corrected chi connectivity index (χ3v) is 5.79. The van der Waals surface area contributed by atoms with Crippen LogP contribution >= 0.6 is 0 Å². The van der Waals surface area contributed by atoms with E-state index in [4.69, 9.17) is 9.15 Å². The second-order valence-corrected chi connectivity index (χ2v) is 8.04. The van der Waals surface area contributed by atoms with Crippen molar-refractivity contribution in [3.8, 4) is 11.4 Å². The average molecular weight is 444 g/mol. The summed E-state index contributed by atoms with van der Waals surface area (Å²) in [6, 6.07) is 15.6. The molecule has 0 unspecified atom stereocenters. The van der Waals surface area contributed by atoms with Gasteiger partial charge in [0, 0.05) is 22.3 Å². The van der Waals surface area contributed by atoms with Gasteiger partial charge in [-0.3, -0.25) is 4.79 Å². The maximum atomic E-state index is 12.6. The highest BCUT2D eigenvalue weighted by molar-refractivity contribution is 5.97. The first-order chi connectivity index (χ1) is 15.9. The van der Waals surface area contributed by atoms with E-state index in [0.717, 1.165) is 34.5 Å². The van der Waals surface area contributed by atoms with Gasteiger partial charge in [-0.25, -0.2) is 5.43 Å². The van der Waals surface area contributed by atoms with Crippen LogP contribution in [0.1, 0.15) is 52.5 Å². The Morgan fingerprint density at radius 1 is 1.12 bits per heavy atom. The van der Waals surface area contributed by atoms with Crippen molar-refractivity contribution in [1.82, 2.24) is 9.99 Å². The summed E-state index contributed by atoms with van der Waals surface area (Å²) in [7, 11) is 0. The molecule has 2 heterocycles. The topological polar surface area (TPSA) is 68.8 Å². The molecule has 0 aliphatic rings. The third-order valence-electron chi connectivity index (χ3n) is 5.79. The lowest BCUT2D eigenvalue weighted by Crippen LogP contribution is -2.16. The molecule has 33 heavy (non-hydrogen) atoms. The zero-order chi connectivity index (χ0) is 23.5. The Labute approximate surface area is 193 Å². The number of carbonyl (C=O) groups is 1. The molecule has 0 saturated heterocycles. The van der Waals surface area contributed by atoms with Crippen LogP contribution in [0.3, 0.4) is 0 Å². The third kappa shape index (κ3) is 4.42. The molecular weight excluding hydrogens is 414 g/mol. The van der Waals surface area contributed by atoms with Crippen LogP contribution in [0.5, 0.6) is 5.75 Å². The molecule has 0 radical (unpaired) electrons. The fourth-order valence-corrected chi connectivity index (χ4v) is 4.19. The quantitative estimate of drug-likeness (QED) is 0.287. The van der Waals surface area contributed by atoms with Crippen molar-refractivity contribution >= 4 is 23.1 Å². The molecule has 2 aromatic carbocycles. The molecular formula is C27H29N3O3. The first-order valence-electron chi connectivity index (χ1n) is 11.2. The number of hydrazone groups is 1. The van der Waals surface area contributed by atoms with Crippen LogP contribution in [0.2, 0.25) is 0 Å². The molecule has 1 amide bonds. The minimum atomic E-state index is -0.401. The molecule has 6 nitrogen and oxygen atoms in total. The zero-order valence-electron chi connectivity index (χ0n) is 19.7. The van der Waals surface area contributed by atoms with Gasteiger partial charge in [0.2, 0.25) is 0 Å². The van der Waals surface area contributed by atoms with Gasteiger partial charge in [-0.05, 0) is 75.6 Å². The Balaban J connectivity index is 1.54. The van der Waals surface area contributed by atoms with E-state index < -0.39 is 5.91 Å². The molecule has 0 bridgehead atoms. The van der Waals surface area contributed by atoms with Crippen LogP contribution in [0, 0.1) is 20.8 Å². The van der Waals surface area contributed by atoms with E-state index in [2.05, 4.69) is 67.1 Å². The number of aryl methyl sites for hydroxylation is 3. The van der Waals surface area contributed by atoms with Gasteiger partial charge in [-0.15, -0.1) is 0 Å². The Bertz CT molecular complexity index is 1340. The van der Waals surface area contributed by atoms with Crippen molar-refractivity contribution in [2.24, 2.45) is 5.10 Å². The molecule has 1 N–H and O–H groups in total. The standard InChI is InChI=1S/C27H29N3O3/c1-6-20-10-8-9-17(3)26(20)30-18(4)13-22(19(30)5)16-28-29-27(31)25-15-21-14-23(32-7-2)11-12-24(21)33-25/h8-16H,6-7H2,1-5H3,(H,29,31)/b28-16+. The second kappa shape index (κ2) is 9.36. The van der Waals surface area contributed by atoms with Crippen LogP contribution in [-0.4, -0.2) is 23.3 Å². The van der Waals surface area contributed by atoms with Crippen LogP contribution < -0.4 is 10.2 Å². The van der Waals surface area contributed by atoms with Crippen molar-refractivity contribution in [2.45, 2.75) is 41.0 Å². The molecule has 0 atom stereocenters. The predicted octanol–water partition coefficient (Wildman–Crippen LogP) is 5.87. The smallest absolute Gasteiger partial charge is 0.307 e. The average Bonchev–Trinajstić information content (AvgIpc) is 3.34. The number of carbonyl (C=O) groups excluding carboxylic acids is 1. The molecule has 0 fully saturated rings. The summed E-state index contributed by atoms with van der Waals surface area (Å²) in [4.78, 5) is 12.6. The van der Waals surface area contributed by atoms with Crippen molar-refractivity contribution in [1.29, 1.82) is 0 Å². The Morgan fingerprint density at radius 3 is 2.70 bits per heavy atom. The fourth-order valence-electron chi connectivity index (χ4n) is 4.19. The lowest BCUT2D eigenvalue weighted by atomic mass is 10.1. The fraction of sp³-hybridized carbons (Fsp3) is 0.259. The molecule has 2 aromatic heterocycles. The summed E-state index contributed by atoms with van der Waals surface area (Å²) < 4.78 is 13.4. The van der Waals surface area contributed by atoms with Crippen molar-refractivity contribution in [3.63, 3.8) is 0 Å². The van der Waals surface area contributed by atoms with Crippen molar-refractivity contribution in [3.05, 3.63) is 82.4 Å². The number of aromatic nitrogens is 1. The molecule has 0 aliphatic carbocycles. The molecule has 4 aromatic rings. The van der Waals surface area contributed by atoms with Gasteiger partial charge in [0.25, 0.3) is 0 Å². The first kappa shape index (κ1) is 22.4. The van der Waals surface area contributed by atoms with Gasteiger partial charge in [0.1, 0.15) is 11.3 Å². The number of amides is 1. The number of nitrogens with zero attached hydrogens (tertiary/aromatic N) is 2. The predicted molar refractivity (Wildman–Crippen MR) is 132 cm³/mol. The zero-order valence-corrected chi connectivity index (χ0v) is 19.7. The first-order valence-corrected chi connectivity index (χ1v) is 11.2. The van der Waals surface area contributed by atoms with Gasteiger partial charge < -0.3 is 13.7 Å². The van der Waals surface area contributed by atoms with Crippen LogP contribution in [0.15, 0.2) is 58.0 Å². The molecule has 0 saturated carbocycles. The summed E-state index contributed by atoms with van der Waals surface area (Å²) in [6.45, 7) is 11.0. The SMILES string of the molecule is CCOc1ccc2oc(C(=O)N/N=C/c3cc(C)n(-c4c(C)cccc4CC)c3C)cc2c1. The maximum Gasteiger partial charge on any atom is 0.307 e. The summed E-state index contributed by atoms with van der Waals surface area (Å²) in [5, 5.41) is 5.00. The van der Waals surface area contributed by atoms with Crippen molar-refractivity contribution < 1.29 is 13.9 Å². The molecule has 0 spiro atoms. The molecule has 6 heteroatoms. The minimum absolute atomic E-state index is 0.203. The van der Waals surface area contributed by atoms with E-state index >= 15 is 0 Å². The summed E-state index contributed by atoms with van der Waals surface area (Å²) >= 11 is 0. The molecule has 0 aliphatic heterocycles. The lowest BCUT2D eigenvalue weighted by molar-refractivity contribution is 0.0929. The maximum absolute atomic E-state index is 12.6. The largest absolute Gasteiger partial charge is 0.494 e. The van der Waals surface area contributed by atoms with Gasteiger partial charge in [-0.2, -0.15) is 5.10 Å². The minimum Gasteiger partial charge on any atom is -0.494 e. The number of rotatable bonds is 7. The van der Waals surface area contributed by atoms with Crippen LogP contribution in [0.4, 0.5) is 0 Å². The number of ether oxygens (including phenoxy) is 1. The number of furan rings is 1. The molecule has 4 rings (SSSR count). The number of hydrogen-bond acceptors (Lipinski definition) is 4. The highest BCUT2D eigenvalue weighted by Crippen LogP contribution is 2.27. The highest BCUT2D eigenvalue weighted by atomic mass is 16.5. The summed E-state index contributed by atoms with van der Waals surface area (Å²) in [5.74, 6) is 0.543. The summed E-state index contributed by atoms with van der Waals surface area (Å²) in [5.41, 5.74) is 10.1. The van der Waals surface area contributed by atoms with E-state index in [0.29, 0.717) is 12.2 Å². The summed E-state index contributed by atoms with van der Waals surface area (Å²) in [6.07, 6.45) is 2.63. The number of para-hydroxylation sites is 1. The van der Waals surface area contributed by atoms with Gasteiger partial charge >= 0.3 is 5.91 Å². The number of hydrogen-bond donors (Lipinski definition) is 1. The highest BCUT2D eigenvalue weighted by Gasteiger charge is 2.15. The number of fused-ring (bicyclic) bond motifs is 1.